The first-order chi connectivity index (χ1) is 10.6. The Hall–Kier alpha value is -2.24. The maximum absolute atomic E-state index is 10.9. The maximum Gasteiger partial charge on any atom is 0.335 e. The summed E-state index contributed by atoms with van der Waals surface area (Å²) in [6.45, 7) is 0.365. The molecule has 0 amide bonds. The van der Waals surface area contributed by atoms with Crippen molar-refractivity contribution in [3.05, 3.63) is 54.1 Å². The van der Waals surface area contributed by atoms with Crippen LogP contribution < -0.4 is 10.1 Å². The molecule has 1 unspecified atom stereocenters. The number of nitrogens with one attached hydrogen (secondary N) is 1. The van der Waals surface area contributed by atoms with Gasteiger partial charge in [-0.1, -0.05) is 6.07 Å². The first-order valence-corrected chi connectivity index (χ1v) is 7.21. The fourth-order valence-corrected chi connectivity index (χ4v) is 1.87. The summed E-state index contributed by atoms with van der Waals surface area (Å²) < 4.78 is 5.61. The highest BCUT2D eigenvalue weighted by molar-refractivity contribution is 6.18. The summed E-state index contributed by atoms with van der Waals surface area (Å²) in [4.78, 5) is 10.9. The smallest absolute Gasteiger partial charge is 0.335 e. The summed E-state index contributed by atoms with van der Waals surface area (Å²) in [5.74, 6) is 0.223. The number of carboxylic acids is 1. The molecule has 3 N–H and O–H groups in total. The molecule has 0 radical (unpaired) electrons. The van der Waals surface area contributed by atoms with Crippen molar-refractivity contribution in [2.75, 3.05) is 17.7 Å². The summed E-state index contributed by atoms with van der Waals surface area (Å²) in [5.41, 5.74) is 1.00. The fourth-order valence-electron chi connectivity index (χ4n) is 1.76. The molecular formula is C16H16ClNO4. The van der Waals surface area contributed by atoms with Gasteiger partial charge in [-0.3, -0.25) is 0 Å². The molecule has 0 heterocycles. The maximum atomic E-state index is 10.9. The van der Waals surface area contributed by atoms with E-state index in [1.807, 2.05) is 0 Å². The van der Waals surface area contributed by atoms with E-state index < -0.39 is 12.1 Å². The highest BCUT2D eigenvalue weighted by Crippen LogP contribution is 2.23. The highest BCUT2D eigenvalue weighted by Gasteiger charge is 2.05. The van der Waals surface area contributed by atoms with Crippen molar-refractivity contribution in [3.63, 3.8) is 0 Å². The van der Waals surface area contributed by atoms with Gasteiger partial charge in [0.1, 0.15) is 11.5 Å². The SMILES string of the molecule is O=C(O)c1cccc(Oc2ccc(NCC(O)CCl)cc2)c1. The molecule has 0 aliphatic rings. The van der Waals surface area contributed by atoms with E-state index in [0.29, 0.717) is 18.0 Å². The molecule has 2 aromatic rings. The molecule has 0 bridgehead atoms. The van der Waals surface area contributed by atoms with Crippen molar-refractivity contribution in [1.82, 2.24) is 0 Å². The molecule has 0 saturated heterocycles. The number of alkyl halides is 1. The van der Waals surface area contributed by atoms with Gasteiger partial charge >= 0.3 is 5.97 Å². The molecule has 5 nitrogen and oxygen atoms in total. The van der Waals surface area contributed by atoms with E-state index in [-0.39, 0.29) is 11.4 Å². The zero-order chi connectivity index (χ0) is 15.9. The van der Waals surface area contributed by atoms with Gasteiger partial charge in [0.2, 0.25) is 0 Å². The molecule has 0 aromatic heterocycles. The van der Waals surface area contributed by atoms with Crippen LogP contribution in [-0.2, 0) is 0 Å². The normalized spacial score (nSPS) is 11.7. The number of anilines is 1. The van der Waals surface area contributed by atoms with Gasteiger partial charge in [0.05, 0.1) is 17.5 Å². The summed E-state index contributed by atoms with van der Waals surface area (Å²) in [6.07, 6.45) is -0.601. The number of aromatic carboxylic acids is 1. The lowest BCUT2D eigenvalue weighted by atomic mass is 10.2. The van der Waals surface area contributed by atoms with Crippen LogP contribution in [0, 0.1) is 0 Å². The summed E-state index contributed by atoms with van der Waals surface area (Å²) in [7, 11) is 0. The third-order valence-corrected chi connectivity index (χ3v) is 3.25. The van der Waals surface area contributed by atoms with Gasteiger partial charge in [-0.05, 0) is 42.5 Å². The van der Waals surface area contributed by atoms with Gasteiger partial charge in [0.15, 0.2) is 0 Å². The van der Waals surface area contributed by atoms with Crippen molar-refractivity contribution in [2.45, 2.75) is 6.10 Å². The number of carboxylic acid groups (broad SMARTS) is 1. The van der Waals surface area contributed by atoms with E-state index in [2.05, 4.69) is 5.32 Å². The lowest BCUT2D eigenvalue weighted by Crippen LogP contribution is -2.20. The summed E-state index contributed by atoms with van der Waals surface area (Å²) >= 11 is 5.52. The Morgan fingerprint density at radius 1 is 1.18 bits per heavy atom. The summed E-state index contributed by atoms with van der Waals surface area (Å²) in [6, 6.07) is 13.4. The number of carbonyl (C=O) groups is 1. The number of hydrogen-bond acceptors (Lipinski definition) is 4. The van der Waals surface area contributed by atoms with E-state index in [1.54, 1.807) is 36.4 Å². The minimum atomic E-state index is -0.997. The first-order valence-electron chi connectivity index (χ1n) is 6.67. The van der Waals surface area contributed by atoms with E-state index in [9.17, 15) is 9.90 Å². The van der Waals surface area contributed by atoms with Crippen molar-refractivity contribution in [1.29, 1.82) is 0 Å². The van der Waals surface area contributed by atoms with E-state index in [0.717, 1.165) is 5.69 Å². The Labute approximate surface area is 133 Å². The molecule has 22 heavy (non-hydrogen) atoms. The number of benzene rings is 2. The second-order valence-corrected chi connectivity index (χ2v) is 4.96. The van der Waals surface area contributed by atoms with Crippen LogP contribution in [-0.4, -0.2) is 34.7 Å². The number of aliphatic hydroxyl groups is 1. The van der Waals surface area contributed by atoms with Crippen molar-refractivity contribution in [2.24, 2.45) is 0 Å². The molecule has 1 atom stereocenters. The van der Waals surface area contributed by atoms with Gasteiger partial charge in [-0.25, -0.2) is 4.79 Å². The van der Waals surface area contributed by atoms with Crippen molar-refractivity contribution in [3.8, 4) is 11.5 Å². The topological polar surface area (TPSA) is 78.8 Å². The van der Waals surface area contributed by atoms with E-state index >= 15 is 0 Å². The van der Waals surface area contributed by atoms with Gasteiger partial charge in [-0.15, -0.1) is 11.6 Å². The first kappa shape index (κ1) is 16.1. The monoisotopic (exact) mass is 321 g/mol. The predicted molar refractivity (Wildman–Crippen MR) is 85.1 cm³/mol. The lowest BCUT2D eigenvalue weighted by Gasteiger charge is -2.11. The zero-order valence-corrected chi connectivity index (χ0v) is 12.5. The lowest BCUT2D eigenvalue weighted by molar-refractivity contribution is 0.0696. The van der Waals surface area contributed by atoms with Crippen molar-refractivity contribution >= 4 is 23.3 Å². The van der Waals surface area contributed by atoms with Crippen LogP contribution in [0.3, 0.4) is 0 Å². The predicted octanol–water partition coefficient (Wildman–Crippen LogP) is 3.19. The van der Waals surface area contributed by atoms with E-state index in [1.165, 1.54) is 12.1 Å². The molecule has 0 saturated carbocycles. The zero-order valence-electron chi connectivity index (χ0n) is 11.7. The Bertz CT molecular complexity index is 630. The number of hydrogen-bond donors (Lipinski definition) is 3. The molecule has 6 heteroatoms. The molecular weight excluding hydrogens is 306 g/mol. The van der Waals surface area contributed by atoms with Gasteiger partial charge < -0.3 is 20.3 Å². The van der Waals surface area contributed by atoms with Crippen molar-refractivity contribution < 1.29 is 19.7 Å². The second kappa shape index (κ2) is 7.68. The minimum absolute atomic E-state index is 0.172. The van der Waals surface area contributed by atoms with Crippen LogP contribution in [0.5, 0.6) is 11.5 Å². The van der Waals surface area contributed by atoms with Gasteiger partial charge in [-0.2, -0.15) is 0 Å². The second-order valence-electron chi connectivity index (χ2n) is 4.65. The molecule has 0 fully saturated rings. The van der Waals surface area contributed by atoms with Crippen LogP contribution in [0.1, 0.15) is 10.4 Å². The molecule has 2 rings (SSSR count). The van der Waals surface area contributed by atoms with Crippen LogP contribution in [0.4, 0.5) is 5.69 Å². The largest absolute Gasteiger partial charge is 0.478 e. The summed E-state index contributed by atoms with van der Waals surface area (Å²) in [5, 5.41) is 21.4. The van der Waals surface area contributed by atoms with Crippen LogP contribution in [0.15, 0.2) is 48.5 Å². The fraction of sp³-hybridized carbons (Fsp3) is 0.188. The molecule has 0 aliphatic heterocycles. The van der Waals surface area contributed by atoms with Gasteiger partial charge in [0.25, 0.3) is 0 Å². The average Bonchev–Trinajstić information content (AvgIpc) is 2.54. The number of ether oxygens (including phenoxy) is 1. The average molecular weight is 322 g/mol. The third kappa shape index (κ3) is 4.65. The van der Waals surface area contributed by atoms with Crippen LogP contribution in [0.25, 0.3) is 0 Å². The Morgan fingerprint density at radius 2 is 1.91 bits per heavy atom. The van der Waals surface area contributed by atoms with Gasteiger partial charge in [0, 0.05) is 12.2 Å². The van der Waals surface area contributed by atoms with Crippen LogP contribution in [0.2, 0.25) is 0 Å². The highest BCUT2D eigenvalue weighted by atomic mass is 35.5. The quantitative estimate of drug-likeness (QED) is 0.683. The van der Waals surface area contributed by atoms with Crippen LogP contribution >= 0.6 is 11.6 Å². The Kier molecular flexibility index (Phi) is 5.63. The molecule has 0 aliphatic carbocycles. The molecule has 2 aromatic carbocycles. The Morgan fingerprint density at radius 3 is 2.55 bits per heavy atom. The Balaban J connectivity index is 1.99. The number of aliphatic hydroxyl groups excluding tert-OH is 1. The number of halogens is 1. The third-order valence-electron chi connectivity index (χ3n) is 2.89. The minimum Gasteiger partial charge on any atom is -0.478 e. The molecule has 0 spiro atoms. The standard InChI is InChI=1S/C16H16ClNO4/c17-9-13(19)10-18-12-4-6-14(7-5-12)22-15-3-1-2-11(8-15)16(20)21/h1-8,13,18-19H,9-10H2,(H,20,21). The number of rotatable bonds is 7. The van der Waals surface area contributed by atoms with E-state index in [4.69, 9.17) is 21.4 Å². The molecule has 116 valence electrons.